The van der Waals surface area contributed by atoms with Gasteiger partial charge in [0.2, 0.25) is 0 Å². The van der Waals surface area contributed by atoms with Gasteiger partial charge in [0.25, 0.3) is 11.8 Å². The lowest BCUT2D eigenvalue weighted by Gasteiger charge is -2.26. The summed E-state index contributed by atoms with van der Waals surface area (Å²) in [4.78, 5) is 23.1. The maximum absolute atomic E-state index is 14.4. The van der Waals surface area contributed by atoms with Crippen molar-refractivity contribution in [2.75, 3.05) is 10.6 Å². The number of carbonyl (C=O) groups is 2. The molecule has 0 radical (unpaired) electrons. The number of alkyl halides is 2. The summed E-state index contributed by atoms with van der Waals surface area (Å²) in [5.41, 5.74) is 11.4. The molecule has 0 saturated heterocycles. The van der Waals surface area contributed by atoms with Gasteiger partial charge in [-0.3, -0.25) is 9.59 Å². The molecule has 4 heterocycles. The summed E-state index contributed by atoms with van der Waals surface area (Å²) in [5.74, 6) is -1.13. The van der Waals surface area contributed by atoms with Gasteiger partial charge in [-0.2, -0.15) is 10.2 Å². The zero-order chi connectivity index (χ0) is 28.7. The summed E-state index contributed by atoms with van der Waals surface area (Å²) in [6.07, 6.45) is 10.6. The van der Waals surface area contributed by atoms with E-state index in [1.54, 1.807) is 35.3 Å². The largest absolute Gasteiger partial charge is 0.377 e. The molecule has 0 spiro atoms. The average Bonchev–Trinajstić information content (AvgIpc) is 3.67. The number of rotatable bonds is 6. The summed E-state index contributed by atoms with van der Waals surface area (Å²) in [6.45, 7) is 3.19. The predicted molar refractivity (Wildman–Crippen MR) is 149 cm³/mol. The second-order valence-corrected chi connectivity index (χ2v) is 11.0. The number of aromatic nitrogens is 4. The number of nitrogens with two attached hydrogens (primary N) is 2. The summed E-state index contributed by atoms with van der Waals surface area (Å²) in [6, 6.07) is 6.66. The second kappa shape index (κ2) is 10.4. The topological polar surface area (TPSA) is 145 Å². The van der Waals surface area contributed by atoms with E-state index in [0.717, 1.165) is 36.7 Å². The van der Waals surface area contributed by atoms with Crippen LogP contribution in [0.5, 0.6) is 0 Å². The van der Waals surface area contributed by atoms with Gasteiger partial charge in [0.1, 0.15) is 11.3 Å². The Labute approximate surface area is 230 Å². The van der Waals surface area contributed by atoms with E-state index in [1.807, 2.05) is 24.3 Å². The number of halogens is 2. The maximum Gasteiger partial charge on any atom is 0.252 e. The molecule has 12 heteroatoms. The summed E-state index contributed by atoms with van der Waals surface area (Å²) >= 11 is 0. The Kier molecular flexibility index (Phi) is 7.11. The van der Waals surface area contributed by atoms with Crippen molar-refractivity contribution in [1.82, 2.24) is 19.2 Å². The van der Waals surface area contributed by atoms with Gasteiger partial charge >= 0.3 is 0 Å². The molecule has 4 aromatic heterocycles. The Morgan fingerprint density at radius 2 is 1.23 bits per heavy atom. The molecule has 4 atom stereocenters. The average molecular weight is 553 g/mol. The number of primary amides is 2. The Morgan fingerprint density at radius 3 is 1.55 bits per heavy atom. The SMILES string of the molecule is C[C@@]1(F)CCC[C@@H]1Nc1c(C(N)=O)cnn2cccc12.C[C@]1(F)CCC[C@H]1Nc1c(C(N)=O)cnn2cccc12. The van der Waals surface area contributed by atoms with Crippen LogP contribution in [0, 0.1) is 0 Å². The molecule has 40 heavy (non-hydrogen) atoms. The highest BCUT2D eigenvalue weighted by atomic mass is 19.1. The highest BCUT2D eigenvalue weighted by molar-refractivity contribution is 6.02. The number of carbonyl (C=O) groups excluding carboxylic acids is 2. The van der Waals surface area contributed by atoms with E-state index in [1.165, 1.54) is 12.4 Å². The fourth-order valence-electron chi connectivity index (χ4n) is 5.71. The third-order valence-corrected chi connectivity index (χ3v) is 8.07. The van der Waals surface area contributed by atoms with Crippen molar-refractivity contribution >= 4 is 34.2 Å². The molecular formula is C28H34F2N8O2. The molecule has 0 bridgehead atoms. The maximum atomic E-state index is 14.4. The number of hydrogen-bond donors (Lipinski definition) is 4. The van der Waals surface area contributed by atoms with E-state index in [2.05, 4.69) is 20.8 Å². The lowest BCUT2D eigenvalue weighted by Crippen LogP contribution is -2.36. The van der Waals surface area contributed by atoms with Crippen LogP contribution in [0.1, 0.15) is 73.1 Å². The third kappa shape index (κ3) is 5.17. The molecule has 2 aliphatic rings. The zero-order valence-electron chi connectivity index (χ0n) is 22.5. The molecular weight excluding hydrogens is 518 g/mol. The second-order valence-electron chi connectivity index (χ2n) is 11.0. The molecule has 2 fully saturated rings. The van der Waals surface area contributed by atoms with E-state index >= 15 is 0 Å². The van der Waals surface area contributed by atoms with Crippen molar-refractivity contribution in [3.8, 4) is 0 Å². The molecule has 6 rings (SSSR count). The lowest BCUT2D eigenvalue weighted by atomic mass is 10.0. The van der Waals surface area contributed by atoms with Crippen molar-refractivity contribution in [3.05, 3.63) is 60.2 Å². The van der Waals surface area contributed by atoms with Crippen molar-refractivity contribution in [2.45, 2.75) is 75.8 Å². The molecule has 2 amide bonds. The first-order valence-corrected chi connectivity index (χ1v) is 13.4. The number of amides is 2. The summed E-state index contributed by atoms with van der Waals surface area (Å²) in [7, 11) is 0. The minimum absolute atomic E-state index is 0.291. The normalized spacial score (nSPS) is 26.0. The summed E-state index contributed by atoms with van der Waals surface area (Å²) in [5, 5.41) is 14.6. The Morgan fingerprint density at radius 1 is 0.825 bits per heavy atom. The Balaban J connectivity index is 0.000000161. The van der Waals surface area contributed by atoms with E-state index in [0.29, 0.717) is 35.3 Å². The van der Waals surface area contributed by atoms with Crippen molar-refractivity contribution in [2.24, 2.45) is 11.5 Å². The van der Waals surface area contributed by atoms with E-state index < -0.39 is 23.2 Å². The van der Waals surface area contributed by atoms with Crippen LogP contribution in [-0.4, -0.2) is 54.5 Å². The van der Waals surface area contributed by atoms with Gasteiger partial charge in [0.05, 0.1) is 58.0 Å². The predicted octanol–water partition coefficient (Wildman–Crippen LogP) is 4.25. The third-order valence-electron chi connectivity index (χ3n) is 8.07. The molecule has 0 unspecified atom stereocenters. The first-order chi connectivity index (χ1) is 19.0. The van der Waals surface area contributed by atoms with Gasteiger partial charge in [-0.1, -0.05) is 0 Å². The Bertz CT molecular complexity index is 1440. The van der Waals surface area contributed by atoms with Crippen molar-refractivity contribution < 1.29 is 18.4 Å². The highest BCUT2D eigenvalue weighted by Gasteiger charge is 2.40. The smallest absolute Gasteiger partial charge is 0.252 e. The molecule has 2 aliphatic carbocycles. The minimum Gasteiger partial charge on any atom is -0.377 e. The van der Waals surface area contributed by atoms with Crippen LogP contribution in [0.3, 0.4) is 0 Å². The van der Waals surface area contributed by atoms with Gasteiger partial charge in [-0.05, 0) is 76.6 Å². The van der Waals surface area contributed by atoms with E-state index in [4.69, 9.17) is 11.5 Å². The molecule has 4 aromatic rings. The summed E-state index contributed by atoms with van der Waals surface area (Å²) < 4.78 is 32.1. The van der Waals surface area contributed by atoms with Crippen LogP contribution in [0.25, 0.3) is 11.0 Å². The number of fused-ring (bicyclic) bond motifs is 2. The van der Waals surface area contributed by atoms with E-state index in [9.17, 15) is 18.4 Å². The van der Waals surface area contributed by atoms with E-state index in [-0.39, 0.29) is 12.1 Å². The first kappa shape index (κ1) is 27.4. The van der Waals surface area contributed by atoms with Gasteiger partial charge in [0, 0.05) is 12.4 Å². The fourth-order valence-corrected chi connectivity index (χ4v) is 5.71. The number of nitrogens with one attached hydrogen (secondary N) is 2. The van der Waals surface area contributed by atoms with Gasteiger partial charge in [0.15, 0.2) is 0 Å². The van der Waals surface area contributed by atoms with Gasteiger partial charge in [-0.25, -0.2) is 17.8 Å². The lowest BCUT2D eigenvalue weighted by molar-refractivity contribution is 0.0992. The Hall–Kier alpha value is -4.22. The van der Waals surface area contributed by atoms with Crippen molar-refractivity contribution in [3.63, 3.8) is 0 Å². The zero-order valence-corrected chi connectivity index (χ0v) is 22.5. The minimum atomic E-state index is -1.28. The van der Waals surface area contributed by atoms with Crippen LogP contribution < -0.4 is 22.1 Å². The van der Waals surface area contributed by atoms with Crippen LogP contribution in [0.4, 0.5) is 20.2 Å². The first-order valence-electron chi connectivity index (χ1n) is 13.4. The number of hydrogen-bond acceptors (Lipinski definition) is 6. The van der Waals surface area contributed by atoms with Gasteiger partial charge in [-0.15, -0.1) is 0 Å². The monoisotopic (exact) mass is 552 g/mol. The molecule has 10 nitrogen and oxygen atoms in total. The molecule has 212 valence electrons. The molecule has 6 N–H and O–H groups in total. The fraction of sp³-hybridized carbons (Fsp3) is 0.429. The quantitative estimate of drug-likeness (QED) is 0.281. The van der Waals surface area contributed by atoms with Crippen LogP contribution >= 0.6 is 0 Å². The van der Waals surface area contributed by atoms with Gasteiger partial charge < -0.3 is 22.1 Å². The number of anilines is 2. The molecule has 0 aromatic carbocycles. The standard InChI is InChI=1S/2C14H17FN4O/c2*1-14(15)6-2-5-11(14)18-12-9(13(16)20)8-17-19-7-3-4-10(12)19/h2*3-4,7-8,11,18H,2,5-6H2,1H3,(H2,16,20)/t2*11-,14+/m10/s1. The molecule has 2 saturated carbocycles. The highest BCUT2D eigenvalue weighted by Crippen LogP contribution is 2.38. The van der Waals surface area contributed by atoms with Crippen molar-refractivity contribution in [1.29, 1.82) is 0 Å². The van der Waals surface area contributed by atoms with Crippen LogP contribution in [0.2, 0.25) is 0 Å². The molecule has 0 aliphatic heterocycles. The van der Waals surface area contributed by atoms with Crippen LogP contribution in [0.15, 0.2) is 49.1 Å². The van der Waals surface area contributed by atoms with Crippen LogP contribution in [-0.2, 0) is 0 Å². The number of nitrogens with zero attached hydrogens (tertiary/aromatic N) is 4.